The first-order chi connectivity index (χ1) is 13.1. The van der Waals surface area contributed by atoms with Crippen LogP contribution in [-0.2, 0) is 9.53 Å². The van der Waals surface area contributed by atoms with Gasteiger partial charge in [0.15, 0.2) is 6.10 Å². The quantitative estimate of drug-likeness (QED) is 0.694. The van der Waals surface area contributed by atoms with Gasteiger partial charge in [-0.1, -0.05) is 56.3 Å². The minimum atomic E-state index is -0.617. The number of nitrogens with one attached hydrogen (secondary N) is 1. The van der Waals surface area contributed by atoms with Crippen molar-refractivity contribution in [1.82, 2.24) is 10.2 Å². The lowest BCUT2D eigenvalue weighted by Gasteiger charge is -2.31. The van der Waals surface area contributed by atoms with Crippen LogP contribution in [0.2, 0.25) is 0 Å². The predicted molar refractivity (Wildman–Crippen MR) is 108 cm³/mol. The molecule has 0 aliphatic rings. The molecule has 0 fully saturated rings. The summed E-state index contributed by atoms with van der Waals surface area (Å²) in [7, 11) is 3.22. The molecule has 0 aliphatic heterocycles. The zero-order valence-electron chi connectivity index (χ0n) is 16.6. The summed E-state index contributed by atoms with van der Waals surface area (Å²) in [6.07, 6.45) is -0.617. The zero-order chi connectivity index (χ0) is 19.6. The van der Waals surface area contributed by atoms with Crippen LogP contribution in [0.15, 0.2) is 54.6 Å². The van der Waals surface area contributed by atoms with Crippen molar-refractivity contribution >= 4 is 5.91 Å². The zero-order valence-corrected chi connectivity index (χ0v) is 16.6. The van der Waals surface area contributed by atoms with Gasteiger partial charge in [-0.15, -0.1) is 0 Å². The van der Waals surface area contributed by atoms with Crippen LogP contribution in [0.25, 0.3) is 0 Å². The number of likely N-dealkylation sites (N-methyl/N-ethyl adjacent to an activating group) is 1. The maximum Gasteiger partial charge on any atom is 0.253 e. The van der Waals surface area contributed by atoms with E-state index in [0.29, 0.717) is 6.54 Å². The highest BCUT2D eigenvalue weighted by molar-refractivity contribution is 5.82. The van der Waals surface area contributed by atoms with E-state index >= 15 is 0 Å². The Morgan fingerprint density at radius 2 is 1.67 bits per heavy atom. The van der Waals surface area contributed by atoms with Crippen LogP contribution in [0.5, 0.6) is 5.75 Å². The molecule has 27 heavy (non-hydrogen) atoms. The lowest BCUT2D eigenvalue weighted by Crippen LogP contribution is -2.40. The van der Waals surface area contributed by atoms with Crippen LogP contribution in [0.3, 0.4) is 0 Å². The van der Waals surface area contributed by atoms with E-state index in [9.17, 15) is 4.79 Å². The molecule has 0 bridgehead atoms. The molecular formula is C22H30N2O3. The molecule has 2 unspecified atom stereocenters. The van der Waals surface area contributed by atoms with E-state index in [4.69, 9.17) is 9.47 Å². The van der Waals surface area contributed by atoms with Gasteiger partial charge in [-0.05, 0) is 36.3 Å². The highest BCUT2D eigenvalue weighted by Crippen LogP contribution is 2.24. The summed E-state index contributed by atoms with van der Waals surface area (Å²) in [6, 6.07) is 17.6. The number of benzene rings is 2. The fourth-order valence-electron chi connectivity index (χ4n) is 3.28. The second-order valence-corrected chi connectivity index (χ2v) is 6.29. The number of rotatable bonds is 10. The second kappa shape index (κ2) is 10.7. The van der Waals surface area contributed by atoms with Crippen molar-refractivity contribution in [2.75, 3.05) is 33.9 Å². The minimum absolute atomic E-state index is 0.0623. The Morgan fingerprint density at radius 1 is 1.00 bits per heavy atom. The third-order valence-electron chi connectivity index (χ3n) is 4.78. The number of carbonyl (C=O) groups is 1. The summed E-state index contributed by atoms with van der Waals surface area (Å²) in [5.41, 5.74) is 1.96. The average Bonchev–Trinajstić information content (AvgIpc) is 2.72. The molecule has 0 heterocycles. The van der Waals surface area contributed by atoms with Gasteiger partial charge in [0, 0.05) is 13.7 Å². The van der Waals surface area contributed by atoms with E-state index in [1.165, 1.54) is 0 Å². The van der Waals surface area contributed by atoms with Gasteiger partial charge in [-0.2, -0.15) is 0 Å². The van der Waals surface area contributed by atoms with Crippen molar-refractivity contribution < 1.29 is 14.3 Å². The van der Waals surface area contributed by atoms with E-state index in [2.05, 4.69) is 30.1 Å². The van der Waals surface area contributed by atoms with E-state index in [1.807, 2.05) is 48.5 Å². The normalized spacial score (nSPS) is 13.2. The smallest absolute Gasteiger partial charge is 0.253 e. The molecule has 5 heteroatoms. The molecule has 0 saturated heterocycles. The fourth-order valence-corrected chi connectivity index (χ4v) is 3.28. The van der Waals surface area contributed by atoms with Crippen molar-refractivity contribution in [3.8, 4) is 5.75 Å². The summed E-state index contributed by atoms with van der Waals surface area (Å²) in [6.45, 7) is 6.53. The molecule has 146 valence electrons. The fraction of sp³-hybridized carbons (Fsp3) is 0.409. The van der Waals surface area contributed by atoms with Crippen molar-refractivity contribution in [2.45, 2.75) is 26.0 Å². The van der Waals surface area contributed by atoms with Crippen molar-refractivity contribution in [3.63, 3.8) is 0 Å². The molecule has 1 amide bonds. The topological polar surface area (TPSA) is 50.8 Å². The van der Waals surface area contributed by atoms with Gasteiger partial charge in [-0.25, -0.2) is 0 Å². The van der Waals surface area contributed by atoms with Crippen LogP contribution in [0.4, 0.5) is 0 Å². The molecule has 0 aliphatic carbocycles. The summed E-state index contributed by atoms with van der Waals surface area (Å²) in [5.74, 6) is 0.679. The Balaban J connectivity index is 2.16. The van der Waals surface area contributed by atoms with Crippen LogP contribution in [0, 0.1) is 0 Å². The number of nitrogens with zero attached hydrogens (tertiary/aromatic N) is 1. The largest absolute Gasteiger partial charge is 0.497 e. The molecule has 2 atom stereocenters. The molecule has 5 nitrogen and oxygen atoms in total. The molecule has 2 rings (SSSR count). The van der Waals surface area contributed by atoms with E-state index in [1.54, 1.807) is 14.2 Å². The number of hydrogen-bond acceptors (Lipinski definition) is 4. The lowest BCUT2D eigenvalue weighted by molar-refractivity contribution is -0.131. The molecule has 2 aromatic rings. The van der Waals surface area contributed by atoms with Gasteiger partial charge in [0.05, 0.1) is 13.2 Å². The SMILES string of the molecule is CCN(CC)C(CNC(=O)C(OC)c1ccccc1)c1cccc(OC)c1. The Hall–Kier alpha value is -2.37. The summed E-state index contributed by atoms with van der Waals surface area (Å²) in [4.78, 5) is 15.1. The molecule has 0 aromatic heterocycles. The number of carbonyl (C=O) groups excluding carboxylic acids is 1. The molecule has 0 spiro atoms. The van der Waals surface area contributed by atoms with Gasteiger partial charge in [-0.3, -0.25) is 9.69 Å². The Morgan fingerprint density at radius 3 is 2.26 bits per heavy atom. The third kappa shape index (κ3) is 5.55. The maximum absolute atomic E-state index is 12.8. The van der Waals surface area contributed by atoms with E-state index < -0.39 is 6.10 Å². The van der Waals surface area contributed by atoms with Crippen LogP contribution >= 0.6 is 0 Å². The van der Waals surface area contributed by atoms with Crippen molar-refractivity contribution in [3.05, 3.63) is 65.7 Å². The number of hydrogen-bond donors (Lipinski definition) is 1. The average molecular weight is 370 g/mol. The van der Waals surface area contributed by atoms with Crippen molar-refractivity contribution in [2.24, 2.45) is 0 Å². The van der Waals surface area contributed by atoms with Gasteiger partial charge in [0.2, 0.25) is 0 Å². The monoisotopic (exact) mass is 370 g/mol. The lowest BCUT2D eigenvalue weighted by atomic mass is 10.0. The van der Waals surface area contributed by atoms with Crippen molar-refractivity contribution in [1.29, 1.82) is 0 Å². The standard InChI is InChI=1S/C22H30N2O3/c1-5-24(6-2)20(18-13-10-14-19(15-18)26-3)16-23-22(25)21(27-4)17-11-8-7-9-12-17/h7-15,20-21H,5-6,16H2,1-4H3,(H,23,25). The maximum atomic E-state index is 12.8. The Bertz CT molecular complexity index is 702. The first-order valence-corrected chi connectivity index (χ1v) is 9.38. The van der Waals surface area contributed by atoms with Gasteiger partial charge >= 0.3 is 0 Å². The molecule has 0 radical (unpaired) electrons. The number of methoxy groups -OCH3 is 2. The summed E-state index contributed by atoms with van der Waals surface area (Å²) in [5, 5.41) is 3.07. The molecule has 2 aromatic carbocycles. The van der Waals surface area contributed by atoms with E-state index in [-0.39, 0.29) is 11.9 Å². The highest BCUT2D eigenvalue weighted by atomic mass is 16.5. The van der Waals surface area contributed by atoms with Gasteiger partial charge in [0.25, 0.3) is 5.91 Å². The first kappa shape index (κ1) is 20.9. The minimum Gasteiger partial charge on any atom is -0.497 e. The first-order valence-electron chi connectivity index (χ1n) is 9.38. The van der Waals surface area contributed by atoms with Gasteiger partial charge in [0.1, 0.15) is 5.75 Å². The Kier molecular flexibility index (Phi) is 8.30. The van der Waals surface area contributed by atoms with Crippen LogP contribution in [0.1, 0.15) is 37.1 Å². The molecule has 0 saturated carbocycles. The van der Waals surface area contributed by atoms with E-state index in [0.717, 1.165) is 30.0 Å². The number of ether oxygens (including phenoxy) is 2. The number of amides is 1. The van der Waals surface area contributed by atoms with Gasteiger partial charge < -0.3 is 14.8 Å². The third-order valence-corrected chi connectivity index (χ3v) is 4.78. The predicted octanol–water partition coefficient (Wildman–Crippen LogP) is 3.58. The molecule has 1 N–H and O–H groups in total. The summed E-state index contributed by atoms with van der Waals surface area (Å²) < 4.78 is 10.8. The Labute approximate surface area is 162 Å². The molecular weight excluding hydrogens is 340 g/mol. The highest BCUT2D eigenvalue weighted by Gasteiger charge is 2.23. The second-order valence-electron chi connectivity index (χ2n) is 6.29. The summed E-state index contributed by atoms with van der Waals surface area (Å²) >= 11 is 0. The van der Waals surface area contributed by atoms with Crippen LogP contribution in [-0.4, -0.2) is 44.7 Å². The van der Waals surface area contributed by atoms with Crippen LogP contribution < -0.4 is 10.1 Å².